The molecule has 0 radical (unpaired) electrons. The second-order valence-electron chi connectivity index (χ2n) is 5.94. The Kier molecular flexibility index (Phi) is 4.06. The molecule has 2 rings (SSSR count). The molecule has 0 amide bonds. The molecule has 100 valence electrons. The summed E-state index contributed by atoms with van der Waals surface area (Å²) in [5.74, 6) is 0.185. The summed E-state index contributed by atoms with van der Waals surface area (Å²) in [6.45, 7) is 3.85. The Morgan fingerprint density at radius 2 is 1.94 bits per heavy atom. The maximum Gasteiger partial charge on any atom is 0.123 e. The first-order valence-electron chi connectivity index (χ1n) is 6.96. The van der Waals surface area contributed by atoms with Crippen molar-refractivity contribution >= 4 is 0 Å². The van der Waals surface area contributed by atoms with Crippen LogP contribution in [0, 0.1) is 18.7 Å². The first-order chi connectivity index (χ1) is 8.49. The quantitative estimate of drug-likeness (QED) is 0.859. The SMILES string of the molecule is Cc1cc(F)ccc1CC(C)(O)C1CCCCC1. The van der Waals surface area contributed by atoms with Crippen molar-refractivity contribution in [2.75, 3.05) is 0 Å². The average Bonchev–Trinajstić information content (AvgIpc) is 2.34. The highest BCUT2D eigenvalue weighted by molar-refractivity contribution is 5.28. The van der Waals surface area contributed by atoms with Crippen LogP contribution in [0.25, 0.3) is 0 Å². The van der Waals surface area contributed by atoms with E-state index >= 15 is 0 Å². The minimum Gasteiger partial charge on any atom is -0.390 e. The Morgan fingerprint density at radius 3 is 2.56 bits per heavy atom. The van der Waals surface area contributed by atoms with Gasteiger partial charge in [0.15, 0.2) is 0 Å². The van der Waals surface area contributed by atoms with Gasteiger partial charge in [0.25, 0.3) is 0 Å². The van der Waals surface area contributed by atoms with Crippen LogP contribution in [0.1, 0.15) is 50.2 Å². The molecule has 2 heteroatoms. The summed E-state index contributed by atoms with van der Waals surface area (Å²) >= 11 is 0. The topological polar surface area (TPSA) is 20.2 Å². The summed E-state index contributed by atoms with van der Waals surface area (Å²) in [5, 5.41) is 10.7. The first kappa shape index (κ1) is 13.5. The fourth-order valence-electron chi connectivity index (χ4n) is 3.11. The van der Waals surface area contributed by atoms with Crippen molar-refractivity contribution in [3.8, 4) is 0 Å². The van der Waals surface area contributed by atoms with Crippen molar-refractivity contribution in [2.24, 2.45) is 5.92 Å². The molecular weight excluding hydrogens is 227 g/mol. The fraction of sp³-hybridized carbons (Fsp3) is 0.625. The Bertz CT molecular complexity index is 406. The predicted octanol–water partition coefficient (Wildman–Crippen LogP) is 4.01. The molecule has 18 heavy (non-hydrogen) atoms. The van der Waals surface area contributed by atoms with Crippen molar-refractivity contribution in [2.45, 2.75) is 58.0 Å². The lowest BCUT2D eigenvalue weighted by atomic mass is 9.75. The fourth-order valence-corrected chi connectivity index (χ4v) is 3.11. The van der Waals surface area contributed by atoms with Gasteiger partial charge in [0.1, 0.15) is 5.82 Å². The number of benzene rings is 1. The lowest BCUT2D eigenvalue weighted by molar-refractivity contribution is -0.0160. The molecule has 0 aromatic heterocycles. The number of rotatable bonds is 3. The van der Waals surface area contributed by atoms with Gasteiger partial charge in [-0.05, 0) is 55.9 Å². The van der Waals surface area contributed by atoms with Gasteiger partial charge in [-0.2, -0.15) is 0 Å². The van der Waals surface area contributed by atoms with Crippen LogP contribution in [0.15, 0.2) is 18.2 Å². The maximum atomic E-state index is 13.1. The van der Waals surface area contributed by atoms with E-state index in [-0.39, 0.29) is 5.82 Å². The molecule has 1 aliphatic rings. The Labute approximate surface area is 109 Å². The molecule has 1 saturated carbocycles. The largest absolute Gasteiger partial charge is 0.390 e. The second-order valence-corrected chi connectivity index (χ2v) is 5.94. The van der Waals surface area contributed by atoms with Gasteiger partial charge in [-0.3, -0.25) is 0 Å². The summed E-state index contributed by atoms with van der Waals surface area (Å²) in [4.78, 5) is 0. The third kappa shape index (κ3) is 3.11. The Hall–Kier alpha value is -0.890. The van der Waals surface area contributed by atoms with Crippen molar-refractivity contribution in [3.05, 3.63) is 35.1 Å². The summed E-state index contributed by atoms with van der Waals surface area (Å²) < 4.78 is 13.1. The summed E-state index contributed by atoms with van der Waals surface area (Å²) in [7, 11) is 0. The molecule has 1 atom stereocenters. The molecular formula is C16H23FO. The van der Waals surface area contributed by atoms with E-state index in [1.54, 1.807) is 6.07 Å². The predicted molar refractivity (Wildman–Crippen MR) is 72.0 cm³/mol. The van der Waals surface area contributed by atoms with Gasteiger partial charge in [0.05, 0.1) is 5.60 Å². The highest BCUT2D eigenvalue weighted by Crippen LogP contribution is 2.35. The summed E-state index contributed by atoms with van der Waals surface area (Å²) in [6, 6.07) is 4.84. The van der Waals surface area contributed by atoms with Gasteiger partial charge in [0.2, 0.25) is 0 Å². The highest BCUT2D eigenvalue weighted by Gasteiger charge is 2.33. The zero-order valence-electron chi connectivity index (χ0n) is 11.4. The average molecular weight is 250 g/mol. The lowest BCUT2D eigenvalue weighted by Crippen LogP contribution is -2.38. The van der Waals surface area contributed by atoms with Gasteiger partial charge in [0, 0.05) is 6.42 Å². The van der Waals surface area contributed by atoms with Gasteiger partial charge in [-0.1, -0.05) is 25.3 Å². The lowest BCUT2D eigenvalue weighted by Gasteiger charge is -2.36. The van der Waals surface area contributed by atoms with Gasteiger partial charge in [-0.15, -0.1) is 0 Å². The minimum atomic E-state index is -0.664. The van der Waals surface area contributed by atoms with E-state index in [1.807, 2.05) is 19.9 Å². The number of halogens is 1. The molecule has 0 spiro atoms. The van der Waals surface area contributed by atoms with E-state index in [1.165, 1.54) is 25.3 Å². The van der Waals surface area contributed by atoms with E-state index in [0.29, 0.717) is 12.3 Å². The number of hydrogen-bond acceptors (Lipinski definition) is 1. The van der Waals surface area contributed by atoms with Crippen LogP contribution in [0.5, 0.6) is 0 Å². The summed E-state index contributed by atoms with van der Waals surface area (Å²) in [5.41, 5.74) is 1.33. The third-order valence-corrected chi connectivity index (χ3v) is 4.34. The monoisotopic (exact) mass is 250 g/mol. The number of hydrogen-bond donors (Lipinski definition) is 1. The van der Waals surface area contributed by atoms with Crippen LogP contribution in [-0.2, 0) is 6.42 Å². The van der Waals surface area contributed by atoms with E-state index in [9.17, 15) is 9.50 Å². The molecule has 1 unspecified atom stereocenters. The molecule has 0 bridgehead atoms. The van der Waals surface area contributed by atoms with Gasteiger partial charge >= 0.3 is 0 Å². The van der Waals surface area contributed by atoms with Crippen LogP contribution < -0.4 is 0 Å². The molecule has 1 aromatic rings. The molecule has 1 nitrogen and oxygen atoms in total. The molecule has 1 aliphatic carbocycles. The Morgan fingerprint density at radius 1 is 1.28 bits per heavy atom. The zero-order chi connectivity index (χ0) is 13.2. The zero-order valence-corrected chi connectivity index (χ0v) is 11.4. The van der Waals surface area contributed by atoms with E-state index < -0.39 is 5.60 Å². The minimum absolute atomic E-state index is 0.200. The molecule has 0 heterocycles. The van der Waals surface area contributed by atoms with Gasteiger partial charge in [-0.25, -0.2) is 4.39 Å². The first-order valence-corrected chi connectivity index (χ1v) is 6.96. The maximum absolute atomic E-state index is 13.1. The second kappa shape index (κ2) is 5.40. The van der Waals surface area contributed by atoms with E-state index in [0.717, 1.165) is 24.0 Å². The van der Waals surface area contributed by atoms with Crippen LogP contribution in [0.2, 0.25) is 0 Å². The van der Waals surface area contributed by atoms with E-state index in [2.05, 4.69) is 0 Å². The number of aryl methyl sites for hydroxylation is 1. The van der Waals surface area contributed by atoms with Crippen molar-refractivity contribution in [1.82, 2.24) is 0 Å². The highest BCUT2D eigenvalue weighted by atomic mass is 19.1. The van der Waals surface area contributed by atoms with Crippen LogP contribution >= 0.6 is 0 Å². The summed E-state index contributed by atoms with van der Waals surface area (Å²) in [6.07, 6.45) is 6.61. The molecule has 1 aromatic carbocycles. The molecule has 1 N–H and O–H groups in total. The normalized spacial score (nSPS) is 20.7. The van der Waals surface area contributed by atoms with Crippen molar-refractivity contribution in [1.29, 1.82) is 0 Å². The van der Waals surface area contributed by atoms with Gasteiger partial charge < -0.3 is 5.11 Å². The standard InChI is InChI=1S/C16H23FO/c1-12-10-15(17)9-8-13(12)11-16(2,18)14-6-4-3-5-7-14/h8-10,14,18H,3-7,11H2,1-2H3. The third-order valence-electron chi connectivity index (χ3n) is 4.34. The number of aliphatic hydroxyl groups is 1. The van der Waals surface area contributed by atoms with Crippen LogP contribution in [0.3, 0.4) is 0 Å². The molecule has 0 aliphatic heterocycles. The molecule has 1 fully saturated rings. The van der Waals surface area contributed by atoms with E-state index in [4.69, 9.17) is 0 Å². The Balaban J connectivity index is 2.10. The van der Waals surface area contributed by atoms with Crippen LogP contribution in [0.4, 0.5) is 4.39 Å². The van der Waals surface area contributed by atoms with Crippen LogP contribution in [-0.4, -0.2) is 10.7 Å². The molecule has 0 saturated heterocycles. The van der Waals surface area contributed by atoms with Crippen molar-refractivity contribution < 1.29 is 9.50 Å². The smallest absolute Gasteiger partial charge is 0.123 e. The van der Waals surface area contributed by atoms with Crippen molar-refractivity contribution in [3.63, 3.8) is 0 Å².